The molecule has 0 aliphatic rings. The molecular weight excluding hydrogens is 661 g/mol. The number of imidazole rings is 1. The second-order valence-electron chi connectivity index (χ2n) is 13.4. The molecule has 0 saturated carbocycles. The Labute approximate surface area is 316 Å². The van der Waals surface area contributed by atoms with Gasteiger partial charge in [0.05, 0.1) is 39.0 Å². The standard InChI is InChI=1S/C49H34N4O/c1-32-26-27-44(39(29-32)33-15-4-2-5-16-33)53-45-24-14-21-36(47(45)51-49(53)38-20-9-11-25-46(38)54)34-30-40-37-19-8-10-23-43(37)52(35-17-6-3-7-18-35)48(40)41(31-34)42-22-12-13-28-50-42/h2-31,54H,1H3/i1D3. The average molecular weight is 698 g/mol. The lowest BCUT2D eigenvalue weighted by Gasteiger charge is -2.16. The van der Waals surface area contributed by atoms with E-state index < -0.39 is 6.85 Å². The van der Waals surface area contributed by atoms with Gasteiger partial charge in [-0.3, -0.25) is 9.55 Å². The fraction of sp³-hybridized carbons (Fsp3) is 0.0204. The van der Waals surface area contributed by atoms with Crippen molar-refractivity contribution in [3.8, 4) is 62.0 Å². The molecule has 0 fully saturated rings. The van der Waals surface area contributed by atoms with E-state index in [-0.39, 0.29) is 11.3 Å². The number of aryl methyl sites for hydroxylation is 1. The zero-order valence-corrected chi connectivity index (χ0v) is 29.1. The van der Waals surface area contributed by atoms with Crippen molar-refractivity contribution in [1.29, 1.82) is 0 Å². The summed E-state index contributed by atoms with van der Waals surface area (Å²) in [6.45, 7) is -2.31. The highest BCUT2D eigenvalue weighted by Crippen LogP contribution is 2.44. The van der Waals surface area contributed by atoms with Crippen LogP contribution in [0.3, 0.4) is 0 Å². The van der Waals surface area contributed by atoms with E-state index in [1.165, 1.54) is 0 Å². The molecule has 0 amide bonds. The normalized spacial score (nSPS) is 12.6. The fourth-order valence-electron chi connectivity index (χ4n) is 7.82. The highest BCUT2D eigenvalue weighted by Gasteiger charge is 2.24. The number of benzene rings is 7. The molecule has 54 heavy (non-hydrogen) atoms. The Bertz CT molecular complexity index is 3120. The van der Waals surface area contributed by atoms with Gasteiger partial charge in [0.15, 0.2) is 0 Å². The van der Waals surface area contributed by atoms with Crippen LogP contribution in [0.2, 0.25) is 0 Å². The lowest BCUT2D eigenvalue weighted by molar-refractivity contribution is 0.477. The third-order valence-electron chi connectivity index (χ3n) is 10.2. The summed E-state index contributed by atoms with van der Waals surface area (Å²) in [7, 11) is 0. The summed E-state index contributed by atoms with van der Waals surface area (Å²) in [5.41, 5.74) is 11.5. The first-order valence-corrected chi connectivity index (χ1v) is 17.9. The number of phenols is 1. The summed E-state index contributed by atoms with van der Waals surface area (Å²) in [6.07, 6.45) is 1.83. The second kappa shape index (κ2) is 12.8. The third-order valence-corrected chi connectivity index (χ3v) is 10.2. The number of aromatic nitrogens is 4. The van der Waals surface area contributed by atoms with E-state index in [1.54, 1.807) is 24.3 Å². The van der Waals surface area contributed by atoms with Crippen LogP contribution < -0.4 is 0 Å². The van der Waals surface area contributed by atoms with Crippen LogP contribution in [0.1, 0.15) is 9.68 Å². The van der Waals surface area contributed by atoms with Gasteiger partial charge in [0.1, 0.15) is 11.6 Å². The molecular formula is C49H34N4O. The predicted molar refractivity (Wildman–Crippen MR) is 221 cm³/mol. The van der Waals surface area contributed by atoms with Crippen molar-refractivity contribution in [2.75, 3.05) is 0 Å². The molecule has 3 aromatic heterocycles. The van der Waals surface area contributed by atoms with Gasteiger partial charge in [0.25, 0.3) is 0 Å². The van der Waals surface area contributed by atoms with E-state index in [9.17, 15) is 5.11 Å². The Hall–Kier alpha value is -7.24. The first kappa shape index (κ1) is 28.4. The van der Waals surface area contributed by atoms with Gasteiger partial charge in [-0.25, -0.2) is 4.98 Å². The van der Waals surface area contributed by atoms with Crippen LogP contribution in [0.4, 0.5) is 0 Å². The number of hydrogen-bond acceptors (Lipinski definition) is 3. The maximum atomic E-state index is 11.3. The summed E-state index contributed by atoms with van der Waals surface area (Å²) in [6, 6.07) is 57.7. The van der Waals surface area contributed by atoms with Crippen LogP contribution >= 0.6 is 0 Å². The number of pyridine rings is 1. The Morgan fingerprint density at radius 1 is 0.537 bits per heavy atom. The molecule has 10 aromatic rings. The molecule has 7 aromatic carbocycles. The molecule has 0 unspecified atom stereocenters. The minimum absolute atomic E-state index is 0.0866. The zero-order chi connectivity index (χ0) is 38.7. The van der Waals surface area contributed by atoms with Crippen molar-refractivity contribution in [1.82, 2.24) is 19.1 Å². The van der Waals surface area contributed by atoms with Gasteiger partial charge in [-0.2, -0.15) is 0 Å². The Kier molecular flexibility index (Phi) is 6.70. The predicted octanol–water partition coefficient (Wildman–Crippen LogP) is 12.2. The summed E-state index contributed by atoms with van der Waals surface area (Å²) in [5, 5.41) is 13.5. The molecule has 5 heteroatoms. The smallest absolute Gasteiger partial charge is 0.149 e. The van der Waals surface area contributed by atoms with Gasteiger partial charge in [-0.1, -0.05) is 109 Å². The largest absolute Gasteiger partial charge is 0.507 e. The molecule has 5 nitrogen and oxygen atoms in total. The lowest BCUT2D eigenvalue weighted by atomic mass is 9.96. The minimum Gasteiger partial charge on any atom is -0.507 e. The van der Waals surface area contributed by atoms with E-state index in [2.05, 4.69) is 71.3 Å². The highest BCUT2D eigenvalue weighted by molar-refractivity contribution is 6.15. The molecule has 0 aliphatic heterocycles. The summed E-state index contributed by atoms with van der Waals surface area (Å²) in [5.74, 6) is 0.615. The Morgan fingerprint density at radius 3 is 2.09 bits per heavy atom. The highest BCUT2D eigenvalue weighted by atomic mass is 16.3. The van der Waals surface area contributed by atoms with Crippen LogP contribution in [-0.4, -0.2) is 24.2 Å². The van der Waals surface area contributed by atoms with Crippen LogP contribution in [0, 0.1) is 6.85 Å². The van der Waals surface area contributed by atoms with Crippen LogP contribution in [0.15, 0.2) is 182 Å². The lowest BCUT2D eigenvalue weighted by Crippen LogP contribution is -2.01. The molecule has 0 aliphatic carbocycles. The van der Waals surface area contributed by atoms with E-state index in [0.29, 0.717) is 11.4 Å². The van der Waals surface area contributed by atoms with Crippen molar-refractivity contribution in [3.05, 3.63) is 188 Å². The molecule has 0 spiro atoms. The second-order valence-corrected chi connectivity index (χ2v) is 13.4. The van der Waals surface area contributed by atoms with Crippen LogP contribution in [0.5, 0.6) is 5.75 Å². The Balaban J connectivity index is 1.30. The molecule has 256 valence electrons. The molecule has 0 atom stereocenters. The topological polar surface area (TPSA) is 55.9 Å². The minimum atomic E-state index is -2.31. The molecule has 0 saturated heterocycles. The first-order chi connectivity index (χ1) is 27.8. The molecule has 0 radical (unpaired) electrons. The number of rotatable bonds is 6. The van der Waals surface area contributed by atoms with Crippen molar-refractivity contribution in [2.45, 2.75) is 6.85 Å². The van der Waals surface area contributed by atoms with Gasteiger partial charge in [-0.15, -0.1) is 0 Å². The third kappa shape index (κ3) is 5.09. The number of phenolic OH excluding ortho intramolecular Hbond substituents is 1. The van der Waals surface area contributed by atoms with Crippen LogP contribution in [0.25, 0.3) is 89.1 Å². The molecule has 10 rings (SSSR count). The molecule has 0 bridgehead atoms. The number of aromatic hydroxyl groups is 1. The number of hydrogen-bond donors (Lipinski definition) is 1. The van der Waals surface area contributed by atoms with Crippen LogP contribution in [-0.2, 0) is 0 Å². The van der Waals surface area contributed by atoms with Gasteiger partial charge in [0.2, 0.25) is 0 Å². The zero-order valence-electron chi connectivity index (χ0n) is 32.1. The number of fused-ring (bicyclic) bond motifs is 4. The quantitative estimate of drug-likeness (QED) is 0.188. The van der Waals surface area contributed by atoms with Gasteiger partial charge in [0, 0.05) is 43.5 Å². The van der Waals surface area contributed by atoms with E-state index in [1.807, 2.05) is 95.7 Å². The van der Waals surface area contributed by atoms with Crippen molar-refractivity contribution >= 4 is 32.8 Å². The molecule has 3 heterocycles. The van der Waals surface area contributed by atoms with Gasteiger partial charge < -0.3 is 9.67 Å². The molecule has 1 N–H and O–H groups in total. The summed E-state index contributed by atoms with van der Waals surface area (Å²) < 4.78 is 29.1. The maximum Gasteiger partial charge on any atom is 0.149 e. The maximum absolute atomic E-state index is 11.3. The Morgan fingerprint density at radius 2 is 1.28 bits per heavy atom. The van der Waals surface area contributed by atoms with Gasteiger partial charge in [-0.05, 0) is 90.8 Å². The van der Waals surface area contributed by atoms with Crippen molar-refractivity contribution < 1.29 is 9.22 Å². The monoisotopic (exact) mass is 697 g/mol. The SMILES string of the molecule is [2H]C([2H])([2H])c1ccc(-n2c(-c3ccccc3O)nc3c(-c4cc(-c5ccccn5)c5c(c4)c4ccccc4n5-c4ccccc4)cccc32)c(-c2ccccc2)c1. The van der Waals surface area contributed by atoms with Gasteiger partial charge >= 0.3 is 0 Å². The fourth-order valence-corrected chi connectivity index (χ4v) is 7.82. The summed E-state index contributed by atoms with van der Waals surface area (Å²) >= 11 is 0. The average Bonchev–Trinajstić information content (AvgIpc) is 3.80. The number of para-hydroxylation sites is 4. The van der Waals surface area contributed by atoms with Crippen molar-refractivity contribution in [2.24, 2.45) is 0 Å². The van der Waals surface area contributed by atoms with Crippen molar-refractivity contribution in [3.63, 3.8) is 0 Å². The first-order valence-electron chi connectivity index (χ1n) is 19.4. The van der Waals surface area contributed by atoms with E-state index >= 15 is 0 Å². The summed E-state index contributed by atoms with van der Waals surface area (Å²) in [4.78, 5) is 10.2. The van der Waals surface area contributed by atoms with E-state index in [0.717, 1.165) is 77.7 Å². The van der Waals surface area contributed by atoms with E-state index in [4.69, 9.17) is 14.1 Å². The number of nitrogens with zero attached hydrogens (tertiary/aromatic N) is 4.